The molecular formula is C6H14O6P2. The second-order valence-corrected chi connectivity index (χ2v) is 9.48. The molecule has 3 N–H and O–H groups in total. The van der Waals surface area contributed by atoms with Crippen LogP contribution in [-0.2, 0) is 13.7 Å². The third-order valence-electron chi connectivity index (χ3n) is 1.39. The molecule has 0 saturated heterocycles. The van der Waals surface area contributed by atoms with Crippen LogP contribution in [0.25, 0.3) is 0 Å². The van der Waals surface area contributed by atoms with Crippen molar-refractivity contribution in [3.8, 4) is 0 Å². The molecule has 0 fully saturated rings. The minimum Gasteiger partial charge on any atom is -0.392 e. The lowest BCUT2D eigenvalue weighted by molar-refractivity contribution is 0.292. The average Bonchev–Trinajstić information content (AvgIpc) is 2.01. The van der Waals surface area contributed by atoms with Gasteiger partial charge in [-0.1, -0.05) is 6.08 Å². The van der Waals surface area contributed by atoms with Gasteiger partial charge in [0.05, 0.1) is 13.2 Å². The number of rotatable bonds is 5. The molecule has 0 bridgehead atoms. The summed E-state index contributed by atoms with van der Waals surface area (Å²) in [5.74, 6) is 0. The van der Waals surface area contributed by atoms with E-state index in [1.54, 1.807) is 6.92 Å². The van der Waals surface area contributed by atoms with Gasteiger partial charge in [-0.15, -0.1) is 0 Å². The van der Waals surface area contributed by atoms with Crippen LogP contribution in [-0.4, -0.2) is 34.8 Å². The van der Waals surface area contributed by atoms with Gasteiger partial charge in [0.2, 0.25) is 0 Å². The molecule has 0 rings (SSSR count). The minimum atomic E-state index is -4.46. The van der Waals surface area contributed by atoms with Crippen molar-refractivity contribution in [2.24, 2.45) is 0 Å². The molecule has 2 unspecified atom stereocenters. The molecule has 0 aliphatic heterocycles. The van der Waals surface area contributed by atoms with Crippen LogP contribution in [0.5, 0.6) is 0 Å². The molecule has 84 valence electrons. The van der Waals surface area contributed by atoms with Crippen molar-refractivity contribution in [2.75, 3.05) is 19.9 Å². The highest BCUT2D eigenvalue weighted by molar-refractivity contribution is 8.28. The van der Waals surface area contributed by atoms with E-state index in [0.717, 1.165) is 6.66 Å². The molecule has 14 heavy (non-hydrogen) atoms. The second kappa shape index (κ2) is 5.21. The number of aliphatic hydroxyl groups is 1. The Morgan fingerprint density at radius 2 is 1.93 bits per heavy atom. The molecule has 0 heterocycles. The Balaban J connectivity index is 4.29. The third kappa shape index (κ3) is 4.51. The second-order valence-electron chi connectivity index (χ2n) is 2.83. The first-order chi connectivity index (χ1) is 6.20. The molecule has 0 aliphatic rings. The fourth-order valence-electron chi connectivity index (χ4n) is 0.448. The van der Waals surface area contributed by atoms with Crippen LogP contribution < -0.4 is 0 Å². The maximum Gasteiger partial charge on any atom is 0.409 e. The van der Waals surface area contributed by atoms with Crippen LogP contribution in [0.2, 0.25) is 0 Å². The molecule has 0 aromatic carbocycles. The Hall–Kier alpha value is 0.0400. The lowest BCUT2D eigenvalue weighted by Crippen LogP contribution is -1.93. The van der Waals surface area contributed by atoms with Crippen molar-refractivity contribution in [3.05, 3.63) is 11.6 Å². The molecule has 0 aliphatic carbocycles. The Kier molecular flexibility index (Phi) is 5.23. The predicted molar refractivity (Wildman–Crippen MR) is 52.4 cm³/mol. The highest BCUT2D eigenvalue weighted by Gasteiger charge is 2.37. The number of aliphatic hydroxyl groups excluding tert-OH is 1. The number of hydrogen-bond acceptors (Lipinski definition) is 4. The number of hydrogen-bond donors (Lipinski definition) is 3. The first-order valence-corrected chi connectivity index (χ1v) is 8.14. The average molecular weight is 244 g/mol. The summed E-state index contributed by atoms with van der Waals surface area (Å²) in [6.45, 7) is 1.88. The summed E-state index contributed by atoms with van der Waals surface area (Å²) in [6.07, 6.45) is 1.36. The Morgan fingerprint density at radius 3 is 2.29 bits per heavy atom. The molecule has 2 atom stereocenters. The van der Waals surface area contributed by atoms with Gasteiger partial charge in [-0.3, -0.25) is 9.09 Å². The molecule has 0 radical (unpaired) electrons. The molecule has 6 nitrogen and oxygen atoms in total. The van der Waals surface area contributed by atoms with Crippen molar-refractivity contribution < 1.29 is 28.5 Å². The van der Waals surface area contributed by atoms with E-state index < -0.39 is 14.3 Å². The zero-order valence-electron chi connectivity index (χ0n) is 7.95. The zero-order valence-corrected chi connectivity index (χ0v) is 9.74. The van der Waals surface area contributed by atoms with E-state index >= 15 is 0 Å². The van der Waals surface area contributed by atoms with Crippen molar-refractivity contribution >= 4 is 14.3 Å². The molecule has 0 aromatic heterocycles. The normalized spacial score (nSPS) is 21.4. The highest BCUT2D eigenvalue weighted by Crippen LogP contribution is 2.75. The van der Waals surface area contributed by atoms with Crippen molar-refractivity contribution in [3.63, 3.8) is 0 Å². The van der Waals surface area contributed by atoms with Crippen molar-refractivity contribution in [2.45, 2.75) is 6.92 Å². The lowest BCUT2D eigenvalue weighted by atomic mass is 10.3. The van der Waals surface area contributed by atoms with Crippen molar-refractivity contribution in [1.29, 1.82) is 0 Å². The summed E-state index contributed by atoms with van der Waals surface area (Å²) in [5, 5.41) is 8.56. The zero-order chi connectivity index (χ0) is 11.4. The largest absolute Gasteiger partial charge is 0.409 e. The van der Waals surface area contributed by atoms with Gasteiger partial charge in [-0.05, 0) is 12.5 Å². The van der Waals surface area contributed by atoms with Gasteiger partial charge in [0.1, 0.15) is 0 Å². The monoisotopic (exact) mass is 244 g/mol. The van der Waals surface area contributed by atoms with Crippen LogP contribution in [0, 0.1) is 0 Å². The van der Waals surface area contributed by atoms with E-state index in [0.29, 0.717) is 5.57 Å². The van der Waals surface area contributed by atoms with Crippen LogP contribution in [0.1, 0.15) is 6.92 Å². The fraction of sp³-hybridized carbons (Fsp3) is 0.667. The Morgan fingerprint density at radius 1 is 1.43 bits per heavy atom. The molecule has 0 saturated carbocycles. The molecule has 0 amide bonds. The Bertz CT molecular complexity index is 303. The van der Waals surface area contributed by atoms with Gasteiger partial charge in [0.15, 0.2) is 0 Å². The highest BCUT2D eigenvalue weighted by atomic mass is 32.1. The summed E-state index contributed by atoms with van der Waals surface area (Å²) in [4.78, 5) is 17.8. The summed E-state index contributed by atoms with van der Waals surface area (Å²) in [7, 11) is -8.60. The minimum absolute atomic E-state index is 0.192. The lowest BCUT2D eigenvalue weighted by Gasteiger charge is -2.13. The van der Waals surface area contributed by atoms with E-state index in [9.17, 15) is 9.13 Å². The van der Waals surface area contributed by atoms with Crippen molar-refractivity contribution in [1.82, 2.24) is 0 Å². The van der Waals surface area contributed by atoms with Crippen LogP contribution in [0.4, 0.5) is 0 Å². The van der Waals surface area contributed by atoms with Crippen LogP contribution >= 0.6 is 14.3 Å². The van der Waals surface area contributed by atoms with Gasteiger partial charge < -0.3 is 14.9 Å². The van der Waals surface area contributed by atoms with Crippen LogP contribution in [0.3, 0.4) is 0 Å². The van der Waals surface area contributed by atoms with E-state index in [1.807, 2.05) is 0 Å². The maximum atomic E-state index is 11.0. The van der Waals surface area contributed by atoms with Gasteiger partial charge in [0.25, 0.3) is 0 Å². The third-order valence-corrected chi connectivity index (χ3v) is 5.98. The first kappa shape index (κ1) is 14.0. The fourth-order valence-corrected chi connectivity index (χ4v) is 1.77. The quantitative estimate of drug-likeness (QED) is 0.491. The Labute approximate surface area is 82.1 Å². The van der Waals surface area contributed by atoms with Gasteiger partial charge in [-0.2, -0.15) is 0 Å². The smallest absolute Gasteiger partial charge is 0.392 e. The van der Waals surface area contributed by atoms with E-state index in [2.05, 4.69) is 4.52 Å². The van der Waals surface area contributed by atoms with E-state index in [-0.39, 0.29) is 13.2 Å². The summed E-state index contributed by atoms with van der Waals surface area (Å²) >= 11 is 0. The summed E-state index contributed by atoms with van der Waals surface area (Å²) in [5.41, 5.74) is 0.550. The maximum absolute atomic E-state index is 11.0. The van der Waals surface area contributed by atoms with Gasteiger partial charge in [-0.25, -0.2) is 4.57 Å². The SMILES string of the molecule is C/C(=C\COP(=O)(O)P(C)(=O)O)CO. The van der Waals surface area contributed by atoms with E-state index in [1.165, 1.54) is 6.08 Å². The molecular weight excluding hydrogens is 230 g/mol. The topological polar surface area (TPSA) is 104 Å². The standard InChI is InChI=1S/C6H14O6P2/c1-6(5-7)3-4-12-14(10,11)13(2,8)9/h3,7H,4-5H2,1-2H3,(H,8,9)(H,10,11)/b6-3+. The molecule has 0 aromatic rings. The molecule has 0 spiro atoms. The van der Waals surface area contributed by atoms with E-state index in [4.69, 9.17) is 14.9 Å². The summed E-state index contributed by atoms with van der Waals surface area (Å²) in [6, 6.07) is 0. The predicted octanol–water partition coefficient (Wildman–Crippen LogP) is 0.942. The first-order valence-electron chi connectivity index (χ1n) is 3.75. The van der Waals surface area contributed by atoms with Gasteiger partial charge >= 0.3 is 14.3 Å². The summed E-state index contributed by atoms with van der Waals surface area (Å²) < 4.78 is 26.2. The van der Waals surface area contributed by atoms with Gasteiger partial charge in [0, 0.05) is 6.66 Å². The molecule has 8 heteroatoms. The van der Waals surface area contributed by atoms with Crippen LogP contribution in [0.15, 0.2) is 11.6 Å².